The number of alkyl halides is 1. The lowest BCUT2D eigenvalue weighted by Gasteiger charge is -2.29. The van der Waals surface area contributed by atoms with Crippen molar-refractivity contribution in [3.05, 3.63) is 0 Å². The normalized spacial score (nSPS) is 41.7. The standard InChI is InChI=1S/C7H14FNS/c1-7(8)4-2-6(10-9)3-5-7/h6H,2-5,9H2,1H3. The number of hydrogen-bond acceptors (Lipinski definition) is 2. The zero-order chi connectivity index (χ0) is 7.61. The summed E-state index contributed by atoms with van der Waals surface area (Å²) < 4.78 is 13.1. The molecule has 0 atom stereocenters. The van der Waals surface area contributed by atoms with Crippen LogP contribution in [0.2, 0.25) is 0 Å². The highest BCUT2D eigenvalue weighted by Crippen LogP contribution is 2.34. The van der Waals surface area contributed by atoms with Gasteiger partial charge in [0.15, 0.2) is 0 Å². The van der Waals surface area contributed by atoms with Crippen molar-refractivity contribution in [1.82, 2.24) is 0 Å². The maximum atomic E-state index is 13.1. The number of hydrogen-bond donors (Lipinski definition) is 1. The van der Waals surface area contributed by atoms with E-state index in [1.54, 1.807) is 6.92 Å². The third-order valence-corrected chi connectivity index (χ3v) is 3.02. The molecule has 0 radical (unpaired) electrons. The summed E-state index contributed by atoms with van der Waals surface area (Å²) >= 11 is 1.38. The molecule has 0 saturated heterocycles. The van der Waals surface area contributed by atoms with E-state index in [9.17, 15) is 4.39 Å². The first-order chi connectivity index (χ1) is 4.64. The van der Waals surface area contributed by atoms with Gasteiger partial charge < -0.3 is 0 Å². The summed E-state index contributed by atoms with van der Waals surface area (Å²) in [6, 6.07) is 0. The van der Waals surface area contributed by atoms with Crippen molar-refractivity contribution in [3.63, 3.8) is 0 Å². The molecule has 1 rings (SSSR count). The minimum absolute atomic E-state index is 0.504. The topological polar surface area (TPSA) is 26.0 Å². The lowest BCUT2D eigenvalue weighted by molar-refractivity contribution is 0.132. The van der Waals surface area contributed by atoms with Crippen molar-refractivity contribution in [3.8, 4) is 0 Å². The van der Waals surface area contributed by atoms with Crippen LogP contribution in [0.5, 0.6) is 0 Å². The van der Waals surface area contributed by atoms with E-state index in [0.717, 1.165) is 12.8 Å². The molecule has 0 aromatic heterocycles. The van der Waals surface area contributed by atoms with Gasteiger partial charge in [-0.25, -0.2) is 4.39 Å². The summed E-state index contributed by atoms with van der Waals surface area (Å²) in [7, 11) is 0. The molecule has 3 heteroatoms. The Morgan fingerprint density at radius 2 is 2.00 bits per heavy atom. The second-order valence-corrected chi connectivity index (χ2v) is 4.19. The predicted molar refractivity (Wildman–Crippen MR) is 43.5 cm³/mol. The Balaban J connectivity index is 2.31. The van der Waals surface area contributed by atoms with Gasteiger partial charge in [0, 0.05) is 5.25 Å². The predicted octanol–water partition coefficient (Wildman–Crippen LogP) is 2.26. The smallest absolute Gasteiger partial charge is 0.108 e. The van der Waals surface area contributed by atoms with Gasteiger partial charge in [0.1, 0.15) is 5.67 Å². The summed E-state index contributed by atoms with van der Waals surface area (Å²) in [6.07, 6.45) is 3.24. The molecular weight excluding hydrogens is 149 g/mol. The fourth-order valence-electron chi connectivity index (χ4n) is 1.33. The first kappa shape index (κ1) is 8.34. The van der Waals surface area contributed by atoms with E-state index >= 15 is 0 Å². The highest BCUT2D eigenvalue weighted by Gasteiger charge is 2.30. The van der Waals surface area contributed by atoms with Crippen LogP contribution in [0, 0.1) is 0 Å². The molecule has 0 aromatic rings. The Kier molecular flexibility index (Phi) is 2.58. The second kappa shape index (κ2) is 3.09. The third kappa shape index (κ3) is 2.13. The molecule has 0 amide bonds. The zero-order valence-corrected chi connectivity index (χ0v) is 7.09. The first-order valence-corrected chi connectivity index (χ1v) is 4.63. The van der Waals surface area contributed by atoms with Crippen LogP contribution >= 0.6 is 11.9 Å². The molecule has 2 N–H and O–H groups in total. The highest BCUT2D eigenvalue weighted by atomic mass is 32.2. The SMILES string of the molecule is CC1(F)CCC(SN)CC1. The van der Waals surface area contributed by atoms with E-state index in [1.165, 1.54) is 11.9 Å². The van der Waals surface area contributed by atoms with Gasteiger partial charge in [0.25, 0.3) is 0 Å². The van der Waals surface area contributed by atoms with Crippen molar-refractivity contribution < 1.29 is 4.39 Å². The maximum absolute atomic E-state index is 13.1. The summed E-state index contributed by atoms with van der Waals surface area (Å²) in [5.41, 5.74) is -0.910. The summed E-state index contributed by atoms with van der Waals surface area (Å²) in [5, 5.41) is 5.89. The van der Waals surface area contributed by atoms with Gasteiger partial charge in [-0.05, 0) is 32.6 Å². The number of nitrogens with two attached hydrogens (primary N) is 1. The van der Waals surface area contributed by atoms with Crippen molar-refractivity contribution in [2.45, 2.75) is 43.5 Å². The third-order valence-electron chi connectivity index (χ3n) is 2.17. The molecule has 10 heavy (non-hydrogen) atoms. The fourth-order valence-corrected chi connectivity index (χ4v) is 1.84. The number of rotatable bonds is 1. The minimum atomic E-state index is -0.910. The lowest BCUT2D eigenvalue weighted by Crippen LogP contribution is -2.27. The summed E-state index contributed by atoms with van der Waals surface area (Å²) in [5.74, 6) is 0. The molecule has 0 heterocycles. The zero-order valence-electron chi connectivity index (χ0n) is 6.27. The van der Waals surface area contributed by atoms with E-state index in [-0.39, 0.29) is 0 Å². The van der Waals surface area contributed by atoms with Gasteiger partial charge in [-0.2, -0.15) is 0 Å². The van der Waals surface area contributed by atoms with E-state index in [1.807, 2.05) is 0 Å². The molecule has 1 saturated carbocycles. The van der Waals surface area contributed by atoms with E-state index in [2.05, 4.69) is 0 Å². The monoisotopic (exact) mass is 163 g/mol. The molecule has 0 bridgehead atoms. The molecule has 1 nitrogen and oxygen atoms in total. The Hall–Kier alpha value is 0.240. The van der Waals surface area contributed by atoms with E-state index in [0.29, 0.717) is 18.1 Å². The Labute approximate surface area is 65.7 Å². The van der Waals surface area contributed by atoms with Crippen LogP contribution in [0.25, 0.3) is 0 Å². The maximum Gasteiger partial charge on any atom is 0.108 e. The quantitative estimate of drug-likeness (QED) is 0.600. The van der Waals surface area contributed by atoms with E-state index < -0.39 is 5.67 Å². The molecule has 0 unspecified atom stereocenters. The molecule has 1 fully saturated rings. The summed E-state index contributed by atoms with van der Waals surface area (Å²) in [6.45, 7) is 1.68. The van der Waals surface area contributed by atoms with Crippen LogP contribution in [0.1, 0.15) is 32.6 Å². The van der Waals surface area contributed by atoms with Gasteiger partial charge in [-0.15, -0.1) is 0 Å². The van der Waals surface area contributed by atoms with Gasteiger partial charge in [-0.1, -0.05) is 11.9 Å². The minimum Gasteiger partial charge on any atom is -0.278 e. The first-order valence-electron chi connectivity index (χ1n) is 3.68. The molecule has 0 aromatic carbocycles. The molecule has 0 spiro atoms. The average Bonchev–Trinajstić information content (AvgIpc) is 1.88. The molecule has 1 aliphatic rings. The van der Waals surface area contributed by atoms with Crippen LogP contribution in [0.3, 0.4) is 0 Å². The lowest BCUT2D eigenvalue weighted by atomic mass is 9.88. The molecule has 1 aliphatic carbocycles. The van der Waals surface area contributed by atoms with Gasteiger partial charge >= 0.3 is 0 Å². The Bertz CT molecular complexity index is 106. The van der Waals surface area contributed by atoms with Crippen LogP contribution in [-0.2, 0) is 0 Å². The molecule has 0 aliphatic heterocycles. The van der Waals surface area contributed by atoms with Crippen LogP contribution in [0.4, 0.5) is 4.39 Å². The van der Waals surface area contributed by atoms with Gasteiger partial charge in [0.05, 0.1) is 0 Å². The van der Waals surface area contributed by atoms with Crippen molar-refractivity contribution in [2.75, 3.05) is 0 Å². The van der Waals surface area contributed by atoms with Crippen LogP contribution in [-0.4, -0.2) is 10.9 Å². The van der Waals surface area contributed by atoms with Crippen molar-refractivity contribution in [1.29, 1.82) is 0 Å². The van der Waals surface area contributed by atoms with Crippen LogP contribution in [0.15, 0.2) is 0 Å². The highest BCUT2D eigenvalue weighted by molar-refractivity contribution is 7.97. The molecular formula is C7H14FNS. The van der Waals surface area contributed by atoms with Crippen molar-refractivity contribution >= 4 is 11.9 Å². The largest absolute Gasteiger partial charge is 0.278 e. The Morgan fingerprint density at radius 1 is 1.50 bits per heavy atom. The summed E-state index contributed by atoms with van der Waals surface area (Å²) in [4.78, 5) is 0. The second-order valence-electron chi connectivity index (χ2n) is 3.25. The van der Waals surface area contributed by atoms with Gasteiger partial charge in [-0.3, -0.25) is 5.14 Å². The fraction of sp³-hybridized carbons (Fsp3) is 1.00. The average molecular weight is 163 g/mol. The van der Waals surface area contributed by atoms with Crippen molar-refractivity contribution in [2.24, 2.45) is 5.14 Å². The number of halogens is 1. The van der Waals surface area contributed by atoms with Gasteiger partial charge in [0.2, 0.25) is 0 Å². The molecule has 60 valence electrons. The van der Waals surface area contributed by atoms with Crippen LogP contribution < -0.4 is 5.14 Å². The Morgan fingerprint density at radius 3 is 2.40 bits per heavy atom. The van der Waals surface area contributed by atoms with E-state index in [4.69, 9.17) is 5.14 Å².